The lowest BCUT2D eigenvalue weighted by atomic mass is 10.1. The topological polar surface area (TPSA) is 26.0 Å². The van der Waals surface area contributed by atoms with E-state index in [4.69, 9.17) is 5.73 Å². The molecule has 0 spiro atoms. The first-order chi connectivity index (χ1) is 4.66. The molecule has 0 aliphatic heterocycles. The molecule has 0 radical (unpaired) electrons. The first-order valence-electron chi connectivity index (χ1n) is 3.42. The molecule has 0 bridgehead atoms. The molecule has 56 valence electrons. The van der Waals surface area contributed by atoms with Crippen LogP contribution in [-0.2, 0) is 6.54 Å². The second-order valence-electron chi connectivity index (χ2n) is 2.52. The van der Waals surface area contributed by atoms with Gasteiger partial charge in [-0.3, -0.25) is 0 Å². The molecular formula is C8H13NS. The molecule has 0 atom stereocenters. The Kier molecular flexibility index (Phi) is 2.11. The Balaban J connectivity index is 3.20. The Morgan fingerprint density at radius 2 is 1.80 bits per heavy atom. The van der Waals surface area contributed by atoms with Gasteiger partial charge in [-0.05, 0) is 31.9 Å². The minimum Gasteiger partial charge on any atom is -0.326 e. The zero-order valence-electron chi connectivity index (χ0n) is 6.69. The lowest BCUT2D eigenvalue weighted by Gasteiger charge is -1.95. The van der Waals surface area contributed by atoms with Crippen LogP contribution in [0.15, 0.2) is 0 Å². The normalized spacial score (nSPS) is 10.4. The van der Waals surface area contributed by atoms with Gasteiger partial charge in [-0.25, -0.2) is 0 Å². The van der Waals surface area contributed by atoms with Crippen molar-refractivity contribution in [1.29, 1.82) is 0 Å². The summed E-state index contributed by atoms with van der Waals surface area (Å²) in [6, 6.07) is 0. The molecule has 2 heteroatoms. The van der Waals surface area contributed by atoms with E-state index in [0.717, 1.165) is 0 Å². The van der Waals surface area contributed by atoms with Crippen molar-refractivity contribution in [3.8, 4) is 0 Å². The van der Waals surface area contributed by atoms with Gasteiger partial charge in [0.15, 0.2) is 0 Å². The highest BCUT2D eigenvalue weighted by molar-refractivity contribution is 7.12. The van der Waals surface area contributed by atoms with Crippen LogP contribution < -0.4 is 5.73 Å². The van der Waals surface area contributed by atoms with Crippen molar-refractivity contribution in [2.75, 3.05) is 0 Å². The molecule has 0 aliphatic rings. The summed E-state index contributed by atoms with van der Waals surface area (Å²) in [6.07, 6.45) is 0. The minimum atomic E-state index is 0.683. The summed E-state index contributed by atoms with van der Waals surface area (Å²) in [5.74, 6) is 0. The molecule has 0 unspecified atom stereocenters. The average Bonchev–Trinajstić information content (AvgIpc) is 2.09. The number of aryl methyl sites for hydroxylation is 2. The number of nitrogens with two attached hydrogens (primary N) is 1. The summed E-state index contributed by atoms with van der Waals surface area (Å²) in [4.78, 5) is 2.77. The van der Waals surface area contributed by atoms with Gasteiger partial charge < -0.3 is 5.73 Å². The maximum atomic E-state index is 5.57. The van der Waals surface area contributed by atoms with Crippen molar-refractivity contribution >= 4 is 11.3 Å². The summed E-state index contributed by atoms with van der Waals surface area (Å²) < 4.78 is 0. The van der Waals surface area contributed by atoms with Gasteiger partial charge in [0.2, 0.25) is 0 Å². The monoisotopic (exact) mass is 155 g/mol. The second-order valence-corrected chi connectivity index (χ2v) is 3.95. The van der Waals surface area contributed by atoms with Gasteiger partial charge in [-0.2, -0.15) is 0 Å². The summed E-state index contributed by atoms with van der Waals surface area (Å²) in [5, 5.41) is 0. The zero-order valence-corrected chi connectivity index (χ0v) is 7.51. The van der Waals surface area contributed by atoms with Crippen LogP contribution >= 0.6 is 11.3 Å². The van der Waals surface area contributed by atoms with Crippen molar-refractivity contribution < 1.29 is 0 Å². The maximum Gasteiger partial charge on any atom is 0.0191 e. The van der Waals surface area contributed by atoms with Crippen molar-refractivity contribution in [2.24, 2.45) is 5.73 Å². The van der Waals surface area contributed by atoms with E-state index in [0.29, 0.717) is 6.54 Å². The lowest BCUT2D eigenvalue weighted by molar-refractivity contribution is 1.04. The molecule has 0 fully saturated rings. The standard InChI is InChI=1S/C8H13NS/c1-5-6(2)10-7(3)8(5)4-9/h4,9H2,1-3H3. The molecule has 0 saturated carbocycles. The Morgan fingerprint density at radius 1 is 1.20 bits per heavy atom. The molecule has 0 saturated heterocycles. The third-order valence-electron chi connectivity index (χ3n) is 1.92. The SMILES string of the molecule is Cc1sc(C)c(CN)c1C. The summed E-state index contributed by atoms with van der Waals surface area (Å²) >= 11 is 1.84. The number of hydrogen-bond acceptors (Lipinski definition) is 2. The van der Waals surface area contributed by atoms with Crippen LogP contribution in [0.1, 0.15) is 20.9 Å². The predicted molar refractivity (Wildman–Crippen MR) is 46.4 cm³/mol. The average molecular weight is 155 g/mol. The molecule has 0 amide bonds. The fourth-order valence-electron chi connectivity index (χ4n) is 1.14. The van der Waals surface area contributed by atoms with Crippen LogP contribution in [0.3, 0.4) is 0 Å². The Labute approximate surface area is 65.9 Å². The minimum absolute atomic E-state index is 0.683. The number of rotatable bonds is 1. The molecule has 1 aromatic rings. The van der Waals surface area contributed by atoms with Crippen LogP contribution in [-0.4, -0.2) is 0 Å². The van der Waals surface area contributed by atoms with E-state index in [-0.39, 0.29) is 0 Å². The Bertz CT molecular complexity index is 238. The second kappa shape index (κ2) is 2.72. The quantitative estimate of drug-likeness (QED) is 0.660. The van der Waals surface area contributed by atoms with E-state index in [9.17, 15) is 0 Å². The Morgan fingerprint density at radius 3 is 2.00 bits per heavy atom. The van der Waals surface area contributed by atoms with E-state index in [2.05, 4.69) is 20.8 Å². The van der Waals surface area contributed by atoms with Crippen LogP contribution in [0.5, 0.6) is 0 Å². The molecule has 2 N–H and O–H groups in total. The van der Waals surface area contributed by atoms with Crippen LogP contribution in [0.4, 0.5) is 0 Å². The molecule has 1 heterocycles. The molecule has 1 nitrogen and oxygen atoms in total. The van der Waals surface area contributed by atoms with Gasteiger partial charge in [0.1, 0.15) is 0 Å². The van der Waals surface area contributed by atoms with Crippen LogP contribution in [0.25, 0.3) is 0 Å². The Hall–Kier alpha value is -0.340. The smallest absolute Gasteiger partial charge is 0.0191 e. The fraction of sp³-hybridized carbons (Fsp3) is 0.500. The highest BCUT2D eigenvalue weighted by atomic mass is 32.1. The van der Waals surface area contributed by atoms with Gasteiger partial charge in [0.05, 0.1) is 0 Å². The van der Waals surface area contributed by atoms with Gasteiger partial charge in [-0.1, -0.05) is 0 Å². The van der Waals surface area contributed by atoms with E-state index in [1.165, 1.54) is 20.9 Å². The molecule has 1 rings (SSSR count). The molecule has 0 aliphatic carbocycles. The highest BCUT2D eigenvalue weighted by Gasteiger charge is 2.05. The van der Waals surface area contributed by atoms with Gasteiger partial charge in [-0.15, -0.1) is 11.3 Å². The summed E-state index contributed by atoms with van der Waals surface area (Å²) in [7, 11) is 0. The van der Waals surface area contributed by atoms with Crippen LogP contribution in [0, 0.1) is 20.8 Å². The highest BCUT2D eigenvalue weighted by Crippen LogP contribution is 2.25. The third kappa shape index (κ3) is 1.09. The number of thiophene rings is 1. The van der Waals surface area contributed by atoms with E-state index in [1.54, 1.807) is 0 Å². The van der Waals surface area contributed by atoms with E-state index < -0.39 is 0 Å². The van der Waals surface area contributed by atoms with Crippen molar-refractivity contribution in [1.82, 2.24) is 0 Å². The van der Waals surface area contributed by atoms with Crippen molar-refractivity contribution in [3.63, 3.8) is 0 Å². The number of hydrogen-bond donors (Lipinski definition) is 1. The zero-order chi connectivity index (χ0) is 7.72. The van der Waals surface area contributed by atoms with Crippen molar-refractivity contribution in [3.05, 3.63) is 20.9 Å². The van der Waals surface area contributed by atoms with Gasteiger partial charge >= 0.3 is 0 Å². The largest absolute Gasteiger partial charge is 0.326 e. The molecule has 10 heavy (non-hydrogen) atoms. The molecule has 0 aromatic carbocycles. The first-order valence-corrected chi connectivity index (χ1v) is 4.24. The van der Waals surface area contributed by atoms with Gasteiger partial charge in [0.25, 0.3) is 0 Å². The van der Waals surface area contributed by atoms with Crippen molar-refractivity contribution in [2.45, 2.75) is 27.3 Å². The summed E-state index contributed by atoms with van der Waals surface area (Å²) in [5.41, 5.74) is 8.29. The predicted octanol–water partition coefficient (Wildman–Crippen LogP) is 2.13. The summed E-state index contributed by atoms with van der Waals surface area (Å²) in [6.45, 7) is 7.10. The van der Waals surface area contributed by atoms with Crippen LogP contribution in [0.2, 0.25) is 0 Å². The molecular weight excluding hydrogens is 142 g/mol. The van der Waals surface area contributed by atoms with E-state index >= 15 is 0 Å². The first kappa shape index (κ1) is 7.76. The molecule has 1 aromatic heterocycles. The van der Waals surface area contributed by atoms with Gasteiger partial charge in [0, 0.05) is 16.3 Å². The third-order valence-corrected chi connectivity index (χ3v) is 3.08. The van der Waals surface area contributed by atoms with E-state index in [1.807, 2.05) is 11.3 Å². The maximum absolute atomic E-state index is 5.57. The fourth-order valence-corrected chi connectivity index (χ4v) is 2.24. The lowest BCUT2D eigenvalue weighted by Crippen LogP contribution is -1.97.